The van der Waals surface area contributed by atoms with E-state index < -0.39 is 12.0 Å². The molecule has 3 aromatic rings. The molecule has 0 bridgehead atoms. The van der Waals surface area contributed by atoms with Crippen LogP contribution in [0.5, 0.6) is 0 Å². The molecular weight excluding hydrogens is 414 g/mol. The summed E-state index contributed by atoms with van der Waals surface area (Å²) in [5.74, 6) is -1.09. The summed E-state index contributed by atoms with van der Waals surface area (Å²) in [6.45, 7) is 0.833. The summed E-state index contributed by atoms with van der Waals surface area (Å²) in [4.78, 5) is 40.5. The lowest BCUT2D eigenvalue weighted by Gasteiger charge is -2.38. The largest absolute Gasteiger partial charge is 0.353 e. The third kappa shape index (κ3) is 4.24. The highest BCUT2D eigenvalue weighted by molar-refractivity contribution is 6.02. The second kappa shape index (κ2) is 8.90. The summed E-state index contributed by atoms with van der Waals surface area (Å²) in [5, 5.41) is 5.74. The molecule has 1 saturated heterocycles. The molecule has 2 aliphatic rings. The summed E-state index contributed by atoms with van der Waals surface area (Å²) in [6.07, 6.45) is 0.503. The molecule has 166 valence electrons. The normalized spacial score (nSPS) is 19.9. The number of para-hydroxylation sites is 1. The van der Waals surface area contributed by atoms with E-state index in [1.54, 1.807) is 4.90 Å². The van der Waals surface area contributed by atoms with Crippen molar-refractivity contribution in [3.05, 3.63) is 90.0 Å². The van der Waals surface area contributed by atoms with Crippen molar-refractivity contribution in [2.45, 2.75) is 24.8 Å². The van der Waals surface area contributed by atoms with Crippen LogP contribution in [-0.4, -0.2) is 41.8 Å². The molecule has 3 amide bonds. The lowest BCUT2D eigenvalue weighted by molar-refractivity contribution is -0.145. The Morgan fingerprint density at radius 1 is 0.909 bits per heavy atom. The zero-order valence-electron chi connectivity index (χ0n) is 18.2. The van der Waals surface area contributed by atoms with E-state index in [1.807, 2.05) is 72.8 Å². The molecule has 3 aromatic carbocycles. The number of benzene rings is 3. The van der Waals surface area contributed by atoms with Crippen molar-refractivity contribution < 1.29 is 14.4 Å². The average molecular weight is 440 g/mol. The van der Waals surface area contributed by atoms with E-state index in [0.717, 1.165) is 22.3 Å². The quantitative estimate of drug-likeness (QED) is 0.655. The first-order valence-electron chi connectivity index (χ1n) is 11.2. The fourth-order valence-corrected chi connectivity index (χ4v) is 4.74. The van der Waals surface area contributed by atoms with Gasteiger partial charge in [0, 0.05) is 31.6 Å². The van der Waals surface area contributed by atoms with E-state index in [1.165, 1.54) is 0 Å². The van der Waals surface area contributed by atoms with Crippen LogP contribution < -0.4 is 10.6 Å². The van der Waals surface area contributed by atoms with Crippen molar-refractivity contribution in [1.82, 2.24) is 10.2 Å². The van der Waals surface area contributed by atoms with Crippen molar-refractivity contribution in [3.63, 3.8) is 0 Å². The molecule has 2 aliphatic heterocycles. The van der Waals surface area contributed by atoms with Crippen molar-refractivity contribution in [2.75, 3.05) is 18.4 Å². The first-order chi connectivity index (χ1) is 16.1. The molecule has 0 radical (unpaired) electrons. The summed E-state index contributed by atoms with van der Waals surface area (Å²) < 4.78 is 0. The van der Waals surface area contributed by atoms with E-state index in [2.05, 4.69) is 16.7 Å². The minimum Gasteiger partial charge on any atom is -0.353 e. The summed E-state index contributed by atoms with van der Waals surface area (Å²) in [5.41, 5.74) is 4.63. The Morgan fingerprint density at radius 3 is 2.52 bits per heavy atom. The van der Waals surface area contributed by atoms with Crippen molar-refractivity contribution in [3.8, 4) is 11.1 Å². The lowest BCUT2D eigenvalue weighted by Crippen LogP contribution is -2.59. The SMILES string of the molecule is O=C1C[C@H](C(=O)N2CCNC(=O)[C@H]2Cc2cccc(-c3ccccc3)c2)c2ccccc2N1. The van der Waals surface area contributed by atoms with Gasteiger partial charge in [-0.15, -0.1) is 0 Å². The van der Waals surface area contributed by atoms with Gasteiger partial charge in [-0.25, -0.2) is 0 Å². The molecule has 6 heteroatoms. The van der Waals surface area contributed by atoms with Gasteiger partial charge in [-0.3, -0.25) is 14.4 Å². The number of piperazine rings is 1. The number of amides is 3. The highest BCUT2D eigenvalue weighted by atomic mass is 16.2. The minimum absolute atomic E-state index is 0.0875. The molecule has 0 saturated carbocycles. The maximum absolute atomic E-state index is 13.7. The lowest BCUT2D eigenvalue weighted by atomic mass is 9.88. The predicted octanol–water partition coefficient (Wildman–Crippen LogP) is 3.35. The number of hydrogen-bond acceptors (Lipinski definition) is 3. The maximum atomic E-state index is 13.7. The fourth-order valence-electron chi connectivity index (χ4n) is 4.74. The fraction of sp³-hybridized carbons (Fsp3) is 0.222. The zero-order valence-corrected chi connectivity index (χ0v) is 18.2. The molecule has 0 unspecified atom stereocenters. The number of carbonyl (C=O) groups excluding carboxylic acids is 3. The van der Waals surface area contributed by atoms with Gasteiger partial charge < -0.3 is 15.5 Å². The monoisotopic (exact) mass is 439 g/mol. The third-order valence-corrected chi connectivity index (χ3v) is 6.37. The van der Waals surface area contributed by atoms with Gasteiger partial charge in [-0.2, -0.15) is 0 Å². The van der Waals surface area contributed by atoms with E-state index in [4.69, 9.17) is 0 Å². The Labute approximate surface area is 192 Å². The van der Waals surface area contributed by atoms with Crippen molar-refractivity contribution >= 4 is 23.4 Å². The molecule has 1 fully saturated rings. The van der Waals surface area contributed by atoms with Crippen molar-refractivity contribution in [1.29, 1.82) is 0 Å². The predicted molar refractivity (Wildman–Crippen MR) is 127 cm³/mol. The summed E-state index contributed by atoms with van der Waals surface area (Å²) in [7, 11) is 0. The van der Waals surface area contributed by atoms with Crippen LogP contribution in [-0.2, 0) is 20.8 Å². The molecule has 0 aliphatic carbocycles. The van der Waals surface area contributed by atoms with Gasteiger partial charge in [0.25, 0.3) is 0 Å². The number of fused-ring (bicyclic) bond motifs is 1. The van der Waals surface area contributed by atoms with Crippen LogP contribution in [0.1, 0.15) is 23.5 Å². The molecule has 2 N–H and O–H groups in total. The first-order valence-corrected chi connectivity index (χ1v) is 11.2. The smallest absolute Gasteiger partial charge is 0.243 e. The van der Waals surface area contributed by atoms with Crippen LogP contribution in [0.4, 0.5) is 5.69 Å². The van der Waals surface area contributed by atoms with Gasteiger partial charge in [0.1, 0.15) is 6.04 Å². The summed E-state index contributed by atoms with van der Waals surface area (Å²) in [6, 6.07) is 24.9. The molecule has 33 heavy (non-hydrogen) atoms. The minimum atomic E-state index is -0.616. The van der Waals surface area contributed by atoms with Crippen LogP contribution in [0.25, 0.3) is 11.1 Å². The van der Waals surface area contributed by atoms with Gasteiger partial charge in [0.15, 0.2) is 0 Å². The van der Waals surface area contributed by atoms with Crippen LogP contribution in [0.15, 0.2) is 78.9 Å². The molecule has 6 nitrogen and oxygen atoms in total. The molecule has 2 heterocycles. The van der Waals surface area contributed by atoms with Crippen molar-refractivity contribution in [2.24, 2.45) is 0 Å². The standard InChI is InChI=1S/C27H25N3O3/c31-25-17-22(21-11-4-5-12-23(21)29-25)27(33)30-14-13-28-26(32)24(30)16-18-7-6-10-20(15-18)19-8-2-1-3-9-19/h1-12,15,22,24H,13-14,16-17H2,(H,28,32)(H,29,31)/t22-,24+/m0/s1. The number of carbonyl (C=O) groups is 3. The van der Waals surface area contributed by atoms with Gasteiger partial charge >= 0.3 is 0 Å². The van der Waals surface area contributed by atoms with E-state index in [0.29, 0.717) is 25.2 Å². The average Bonchev–Trinajstić information content (AvgIpc) is 2.85. The van der Waals surface area contributed by atoms with Crippen LogP contribution in [0, 0.1) is 0 Å². The summed E-state index contributed by atoms with van der Waals surface area (Å²) >= 11 is 0. The van der Waals surface area contributed by atoms with Gasteiger partial charge in [-0.05, 0) is 28.3 Å². The van der Waals surface area contributed by atoms with E-state index in [9.17, 15) is 14.4 Å². The maximum Gasteiger partial charge on any atom is 0.243 e. The number of nitrogens with one attached hydrogen (secondary N) is 2. The Kier molecular flexibility index (Phi) is 5.65. The van der Waals surface area contributed by atoms with E-state index in [-0.39, 0.29) is 24.1 Å². The molecular formula is C27H25N3O3. The highest BCUT2D eigenvalue weighted by Gasteiger charge is 2.39. The Hall–Kier alpha value is -3.93. The molecule has 0 spiro atoms. The third-order valence-electron chi connectivity index (χ3n) is 6.37. The van der Waals surface area contributed by atoms with Gasteiger partial charge in [0.2, 0.25) is 17.7 Å². The van der Waals surface area contributed by atoms with Crippen LogP contribution in [0.2, 0.25) is 0 Å². The molecule has 5 rings (SSSR count). The Bertz CT molecular complexity index is 1210. The van der Waals surface area contributed by atoms with Crippen LogP contribution >= 0.6 is 0 Å². The second-order valence-corrected chi connectivity index (χ2v) is 8.50. The number of anilines is 1. The Balaban J connectivity index is 1.42. The van der Waals surface area contributed by atoms with E-state index >= 15 is 0 Å². The van der Waals surface area contributed by atoms with Gasteiger partial charge in [0.05, 0.1) is 5.92 Å². The van der Waals surface area contributed by atoms with Gasteiger partial charge in [-0.1, -0.05) is 72.8 Å². The topological polar surface area (TPSA) is 78.5 Å². The Morgan fingerprint density at radius 2 is 1.67 bits per heavy atom. The molecule has 0 aromatic heterocycles. The number of rotatable bonds is 4. The number of nitrogens with zero attached hydrogens (tertiary/aromatic N) is 1. The number of hydrogen-bond donors (Lipinski definition) is 2. The van der Waals surface area contributed by atoms with Crippen LogP contribution in [0.3, 0.4) is 0 Å². The highest BCUT2D eigenvalue weighted by Crippen LogP contribution is 2.34. The first kappa shape index (κ1) is 20.9. The second-order valence-electron chi connectivity index (χ2n) is 8.50. The zero-order chi connectivity index (χ0) is 22.8. The molecule has 2 atom stereocenters.